The lowest BCUT2D eigenvalue weighted by Crippen LogP contribution is -2.31. The lowest BCUT2D eigenvalue weighted by molar-refractivity contribution is -0.131. The van der Waals surface area contributed by atoms with E-state index in [2.05, 4.69) is 0 Å². The van der Waals surface area contributed by atoms with Crippen LogP contribution in [0.1, 0.15) is 20.8 Å². The molecule has 54 valence electrons. The molecular weight excluding hydrogens is 140 g/mol. The Morgan fingerprint density at radius 1 is 1.67 bits per heavy atom. The second kappa shape index (κ2) is 3.18. The van der Waals surface area contributed by atoms with Crippen molar-refractivity contribution in [3.63, 3.8) is 0 Å². The summed E-state index contributed by atoms with van der Waals surface area (Å²) in [6.45, 7) is 5.62. The van der Waals surface area contributed by atoms with Crippen LogP contribution < -0.4 is 0 Å². The van der Waals surface area contributed by atoms with E-state index in [4.69, 9.17) is 16.3 Å². The zero-order valence-corrected chi connectivity index (χ0v) is 6.66. The Balaban J connectivity index is 3.85. The molecule has 0 aliphatic rings. The smallest absolute Gasteiger partial charge is 0.252 e. The third kappa shape index (κ3) is 2.82. The van der Waals surface area contributed by atoms with Crippen LogP contribution in [-0.4, -0.2) is 17.5 Å². The molecule has 3 heteroatoms. The van der Waals surface area contributed by atoms with E-state index >= 15 is 0 Å². The SMILES string of the molecule is CCOC(C)(C)C(=O)Cl. The summed E-state index contributed by atoms with van der Waals surface area (Å²) in [7, 11) is 0. The molecule has 9 heavy (non-hydrogen) atoms. The first kappa shape index (κ1) is 8.92. The minimum Gasteiger partial charge on any atom is -0.367 e. The summed E-state index contributed by atoms with van der Waals surface area (Å²) in [6, 6.07) is 0. The van der Waals surface area contributed by atoms with Gasteiger partial charge in [0.15, 0.2) is 0 Å². The quantitative estimate of drug-likeness (QED) is 0.571. The Bertz CT molecular complexity index is 110. The van der Waals surface area contributed by atoms with Crippen molar-refractivity contribution in [1.82, 2.24) is 0 Å². The zero-order valence-electron chi connectivity index (χ0n) is 5.90. The molecule has 0 N–H and O–H groups in total. The van der Waals surface area contributed by atoms with Gasteiger partial charge in [0, 0.05) is 6.61 Å². The highest BCUT2D eigenvalue weighted by Gasteiger charge is 2.25. The zero-order chi connectivity index (χ0) is 7.49. The van der Waals surface area contributed by atoms with Gasteiger partial charge < -0.3 is 4.74 Å². The predicted molar refractivity (Wildman–Crippen MR) is 36.6 cm³/mol. The molecule has 0 aliphatic heterocycles. The van der Waals surface area contributed by atoms with Crippen LogP contribution in [-0.2, 0) is 9.53 Å². The number of halogens is 1. The second-order valence-corrected chi connectivity index (χ2v) is 2.56. The van der Waals surface area contributed by atoms with Gasteiger partial charge in [-0.05, 0) is 32.4 Å². The van der Waals surface area contributed by atoms with E-state index in [-0.39, 0.29) is 0 Å². The number of rotatable bonds is 3. The topological polar surface area (TPSA) is 26.3 Å². The summed E-state index contributed by atoms with van der Waals surface area (Å²) >= 11 is 5.18. The summed E-state index contributed by atoms with van der Waals surface area (Å²) in [5, 5.41) is -0.454. The standard InChI is InChI=1S/C6H11ClO2/c1-4-9-6(2,3)5(7)8/h4H2,1-3H3. The average molecular weight is 151 g/mol. The fraction of sp³-hybridized carbons (Fsp3) is 0.833. The van der Waals surface area contributed by atoms with Crippen LogP contribution in [0.2, 0.25) is 0 Å². The Kier molecular flexibility index (Phi) is 3.15. The van der Waals surface area contributed by atoms with Crippen molar-refractivity contribution >= 4 is 16.8 Å². The Hall–Kier alpha value is -0.0800. The third-order valence-electron chi connectivity index (χ3n) is 0.979. The van der Waals surface area contributed by atoms with Gasteiger partial charge >= 0.3 is 0 Å². The van der Waals surface area contributed by atoms with Crippen LogP contribution in [0.5, 0.6) is 0 Å². The summed E-state index contributed by atoms with van der Waals surface area (Å²) in [4.78, 5) is 10.5. The summed E-state index contributed by atoms with van der Waals surface area (Å²) in [5.41, 5.74) is -0.823. The molecule has 0 rings (SSSR count). The number of carbonyl (C=O) groups excluding carboxylic acids is 1. The molecule has 0 unspecified atom stereocenters. The molecule has 0 radical (unpaired) electrons. The van der Waals surface area contributed by atoms with Gasteiger partial charge in [-0.15, -0.1) is 0 Å². The maximum Gasteiger partial charge on any atom is 0.252 e. The fourth-order valence-electron chi connectivity index (χ4n) is 0.418. The van der Waals surface area contributed by atoms with Gasteiger partial charge in [0.25, 0.3) is 5.24 Å². The van der Waals surface area contributed by atoms with Gasteiger partial charge in [0.2, 0.25) is 0 Å². The molecule has 0 heterocycles. The van der Waals surface area contributed by atoms with Gasteiger partial charge in [0.05, 0.1) is 0 Å². The number of hydrogen-bond donors (Lipinski definition) is 0. The van der Waals surface area contributed by atoms with Crippen molar-refractivity contribution in [2.24, 2.45) is 0 Å². The van der Waals surface area contributed by atoms with Crippen molar-refractivity contribution in [2.45, 2.75) is 26.4 Å². The molecule has 0 bridgehead atoms. The van der Waals surface area contributed by atoms with Crippen LogP contribution in [0.25, 0.3) is 0 Å². The monoisotopic (exact) mass is 150 g/mol. The molecule has 0 saturated carbocycles. The molecule has 0 aliphatic carbocycles. The Labute approximate surface area is 60.1 Å². The van der Waals surface area contributed by atoms with Gasteiger partial charge in [0.1, 0.15) is 5.60 Å². The molecule has 2 nitrogen and oxygen atoms in total. The van der Waals surface area contributed by atoms with Crippen molar-refractivity contribution in [3.8, 4) is 0 Å². The highest BCUT2D eigenvalue weighted by Crippen LogP contribution is 2.11. The molecule has 0 atom stereocenters. The molecule has 0 aromatic carbocycles. The van der Waals surface area contributed by atoms with E-state index in [1.165, 1.54) is 0 Å². The summed E-state index contributed by atoms with van der Waals surface area (Å²) < 4.78 is 5.01. The highest BCUT2D eigenvalue weighted by molar-refractivity contribution is 6.65. The van der Waals surface area contributed by atoms with Crippen LogP contribution >= 0.6 is 11.6 Å². The fourth-order valence-corrected chi connectivity index (χ4v) is 0.472. The van der Waals surface area contributed by atoms with Crippen molar-refractivity contribution in [3.05, 3.63) is 0 Å². The number of hydrogen-bond acceptors (Lipinski definition) is 2. The van der Waals surface area contributed by atoms with Crippen molar-refractivity contribution < 1.29 is 9.53 Å². The lowest BCUT2D eigenvalue weighted by Gasteiger charge is -2.18. The first-order valence-electron chi connectivity index (χ1n) is 2.84. The van der Waals surface area contributed by atoms with E-state index in [1.807, 2.05) is 6.92 Å². The minimum atomic E-state index is -0.823. The van der Waals surface area contributed by atoms with E-state index < -0.39 is 10.8 Å². The predicted octanol–water partition coefficient (Wildman–Crippen LogP) is 1.57. The highest BCUT2D eigenvalue weighted by atomic mass is 35.5. The molecular formula is C6H11ClO2. The average Bonchev–Trinajstić information content (AvgIpc) is 1.65. The van der Waals surface area contributed by atoms with Crippen LogP contribution in [0.4, 0.5) is 0 Å². The second-order valence-electron chi connectivity index (χ2n) is 2.22. The molecule has 0 spiro atoms. The minimum absolute atomic E-state index is 0.454. The summed E-state index contributed by atoms with van der Waals surface area (Å²) in [5.74, 6) is 0. The van der Waals surface area contributed by atoms with Gasteiger partial charge in [-0.25, -0.2) is 0 Å². The molecule has 0 aromatic rings. The van der Waals surface area contributed by atoms with E-state index in [0.717, 1.165) is 0 Å². The largest absolute Gasteiger partial charge is 0.367 e. The van der Waals surface area contributed by atoms with Gasteiger partial charge in [-0.2, -0.15) is 0 Å². The first-order valence-corrected chi connectivity index (χ1v) is 3.22. The molecule has 0 saturated heterocycles. The van der Waals surface area contributed by atoms with Crippen LogP contribution in [0.3, 0.4) is 0 Å². The van der Waals surface area contributed by atoms with Crippen molar-refractivity contribution in [1.29, 1.82) is 0 Å². The third-order valence-corrected chi connectivity index (χ3v) is 1.43. The lowest BCUT2D eigenvalue weighted by atomic mass is 10.2. The summed E-state index contributed by atoms with van der Waals surface area (Å²) in [6.07, 6.45) is 0. The van der Waals surface area contributed by atoms with E-state index in [9.17, 15) is 4.79 Å². The normalized spacial score (nSPS) is 11.6. The van der Waals surface area contributed by atoms with Gasteiger partial charge in [-0.1, -0.05) is 0 Å². The van der Waals surface area contributed by atoms with Crippen LogP contribution in [0, 0.1) is 0 Å². The molecule has 0 aromatic heterocycles. The van der Waals surface area contributed by atoms with Crippen LogP contribution in [0.15, 0.2) is 0 Å². The molecule has 0 fully saturated rings. The molecule has 0 amide bonds. The first-order chi connectivity index (χ1) is 4.00. The van der Waals surface area contributed by atoms with Crippen molar-refractivity contribution in [2.75, 3.05) is 6.61 Å². The maximum atomic E-state index is 10.5. The van der Waals surface area contributed by atoms with Gasteiger partial charge in [-0.3, -0.25) is 4.79 Å². The Morgan fingerprint density at radius 2 is 2.11 bits per heavy atom. The number of ether oxygens (including phenoxy) is 1. The number of carbonyl (C=O) groups is 1. The Morgan fingerprint density at radius 3 is 2.22 bits per heavy atom. The van der Waals surface area contributed by atoms with E-state index in [1.54, 1.807) is 13.8 Å². The van der Waals surface area contributed by atoms with E-state index in [0.29, 0.717) is 6.61 Å². The maximum absolute atomic E-state index is 10.5.